The van der Waals surface area contributed by atoms with Gasteiger partial charge in [0, 0.05) is 25.7 Å². The Morgan fingerprint density at radius 3 is 2.68 bits per heavy atom. The molecule has 1 aromatic carbocycles. The largest absolute Gasteiger partial charge is 0.370 e. The lowest BCUT2D eigenvalue weighted by Crippen LogP contribution is -2.32. The van der Waals surface area contributed by atoms with Crippen LogP contribution in [0, 0.1) is 5.92 Å². The molecule has 1 unspecified atom stereocenters. The van der Waals surface area contributed by atoms with Gasteiger partial charge in [-0.2, -0.15) is 0 Å². The highest BCUT2D eigenvalue weighted by Crippen LogP contribution is 2.39. The summed E-state index contributed by atoms with van der Waals surface area (Å²) in [6.07, 6.45) is 5.38. The third kappa shape index (κ3) is 3.06. The van der Waals surface area contributed by atoms with E-state index in [2.05, 4.69) is 36.3 Å². The summed E-state index contributed by atoms with van der Waals surface area (Å²) in [6.45, 7) is 3.25. The van der Waals surface area contributed by atoms with Crippen molar-refractivity contribution in [3.05, 3.63) is 28.8 Å². The van der Waals surface area contributed by atoms with E-state index in [1.807, 2.05) is 6.07 Å². The first kappa shape index (κ1) is 13.3. The van der Waals surface area contributed by atoms with Gasteiger partial charge in [-0.25, -0.2) is 0 Å². The van der Waals surface area contributed by atoms with Gasteiger partial charge in [-0.05, 0) is 50.2 Å². The molecule has 0 aromatic heterocycles. The van der Waals surface area contributed by atoms with Crippen molar-refractivity contribution in [3.63, 3.8) is 0 Å². The second-order valence-corrected chi connectivity index (χ2v) is 6.50. The van der Waals surface area contributed by atoms with Crippen LogP contribution in [0.25, 0.3) is 0 Å². The summed E-state index contributed by atoms with van der Waals surface area (Å²) in [5.74, 6) is 0.852. The zero-order chi connectivity index (χ0) is 13.4. The summed E-state index contributed by atoms with van der Waals surface area (Å²) in [6, 6.07) is 7.59. The van der Waals surface area contributed by atoms with E-state index < -0.39 is 0 Å². The van der Waals surface area contributed by atoms with E-state index in [0.717, 1.165) is 23.5 Å². The van der Waals surface area contributed by atoms with Gasteiger partial charge in [0.1, 0.15) is 0 Å². The fourth-order valence-electron chi connectivity index (χ4n) is 2.74. The molecule has 0 heterocycles. The molecule has 3 rings (SSSR count). The summed E-state index contributed by atoms with van der Waals surface area (Å²) in [4.78, 5) is 2.38. The highest BCUT2D eigenvalue weighted by molar-refractivity contribution is 6.33. The number of hydrogen-bond donors (Lipinski definition) is 1. The molecular weight excluding hydrogens is 256 g/mol. The third-order valence-electron chi connectivity index (χ3n) is 4.50. The highest BCUT2D eigenvalue weighted by atomic mass is 35.5. The Labute approximate surface area is 121 Å². The fraction of sp³-hybridized carbons (Fsp3) is 0.625. The molecular formula is C16H23ClN2. The van der Waals surface area contributed by atoms with Gasteiger partial charge >= 0.3 is 0 Å². The van der Waals surface area contributed by atoms with Crippen LogP contribution in [0.3, 0.4) is 0 Å². The number of nitrogens with zero attached hydrogens (tertiary/aromatic N) is 1. The van der Waals surface area contributed by atoms with Crippen molar-refractivity contribution >= 4 is 17.3 Å². The quantitative estimate of drug-likeness (QED) is 0.851. The molecule has 0 amide bonds. The number of para-hydroxylation sites is 1. The van der Waals surface area contributed by atoms with E-state index in [9.17, 15) is 0 Å². The predicted octanol–water partition coefficient (Wildman–Crippen LogP) is 3.83. The second-order valence-electron chi connectivity index (χ2n) is 6.09. The minimum absolute atomic E-state index is 0.583. The molecule has 3 heteroatoms. The number of benzene rings is 1. The average molecular weight is 279 g/mol. The van der Waals surface area contributed by atoms with Gasteiger partial charge in [-0.15, -0.1) is 0 Å². The molecule has 2 aliphatic rings. The van der Waals surface area contributed by atoms with Crippen LogP contribution in [0.15, 0.2) is 18.2 Å². The zero-order valence-electron chi connectivity index (χ0n) is 11.8. The van der Waals surface area contributed by atoms with Crippen molar-refractivity contribution in [2.24, 2.45) is 5.92 Å². The minimum atomic E-state index is 0.583. The first-order chi connectivity index (χ1) is 9.16. The number of hydrogen-bond acceptors (Lipinski definition) is 2. The first-order valence-electron chi connectivity index (χ1n) is 7.40. The monoisotopic (exact) mass is 278 g/mol. The summed E-state index contributed by atoms with van der Waals surface area (Å²) in [7, 11) is 2.19. The molecule has 1 aromatic rings. The molecule has 2 nitrogen and oxygen atoms in total. The SMILES string of the molecule is CC(C1CC1)N(C)c1c(Cl)cccc1CNC1CC1. The lowest BCUT2D eigenvalue weighted by Gasteiger charge is -2.30. The van der Waals surface area contributed by atoms with Crippen LogP contribution in [0.5, 0.6) is 0 Å². The lowest BCUT2D eigenvalue weighted by molar-refractivity contribution is 0.603. The van der Waals surface area contributed by atoms with Gasteiger partial charge in [0.2, 0.25) is 0 Å². The Balaban J connectivity index is 1.79. The van der Waals surface area contributed by atoms with Crippen molar-refractivity contribution in [3.8, 4) is 0 Å². The van der Waals surface area contributed by atoms with Crippen LogP contribution in [0.4, 0.5) is 5.69 Å². The topological polar surface area (TPSA) is 15.3 Å². The second kappa shape index (κ2) is 5.34. The molecule has 104 valence electrons. The molecule has 19 heavy (non-hydrogen) atoms. The Morgan fingerprint density at radius 1 is 1.32 bits per heavy atom. The average Bonchev–Trinajstić information content (AvgIpc) is 3.28. The van der Waals surface area contributed by atoms with Crippen molar-refractivity contribution in [1.29, 1.82) is 0 Å². The Morgan fingerprint density at radius 2 is 2.05 bits per heavy atom. The van der Waals surface area contributed by atoms with Gasteiger partial charge in [-0.1, -0.05) is 23.7 Å². The Hall–Kier alpha value is -0.730. The summed E-state index contributed by atoms with van der Waals surface area (Å²) < 4.78 is 0. The van der Waals surface area contributed by atoms with E-state index in [1.165, 1.54) is 36.9 Å². The molecule has 2 aliphatic carbocycles. The Kier molecular flexibility index (Phi) is 3.72. The molecule has 0 spiro atoms. The Bertz CT molecular complexity index is 452. The molecule has 2 fully saturated rings. The van der Waals surface area contributed by atoms with E-state index in [0.29, 0.717) is 6.04 Å². The first-order valence-corrected chi connectivity index (χ1v) is 7.78. The molecule has 1 atom stereocenters. The van der Waals surface area contributed by atoms with Gasteiger partial charge in [0.05, 0.1) is 10.7 Å². The van der Waals surface area contributed by atoms with Gasteiger partial charge in [0.15, 0.2) is 0 Å². The zero-order valence-corrected chi connectivity index (χ0v) is 12.6. The van der Waals surface area contributed by atoms with Crippen molar-refractivity contribution in [1.82, 2.24) is 5.32 Å². The minimum Gasteiger partial charge on any atom is -0.370 e. The van der Waals surface area contributed by atoms with Gasteiger partial charge in [-0.3, -0.25) is 0 Å². The number of anilines is 1. The maximum absolute atomic E-state index is 6.45. The van der Waals surface area contributed by atoms with Crippen LogP contribution >= 0.6 is 11.6 Å². The van der Waals surface area contributed by atoms with Crippen LogP contribution in [0.1, 0.15) is 38.2 Å². The maximum Gasteiger partial charge on any atom is 0.0642 e. The fourth-order valence-corrected chi connectivity index (χ4v) is 3.07. The molecule has 0 radical (unpaired) electrons. The number of rotatable bonds is 6. The molecule has 0 bridgehead atoms. The third-order valence-corrected chi connectivity index (χ3v) is 4.80. The summed E-state index contributed by atoms with van der Waals surface area (Å²) in [5.41, 5.74) is 2.55. The standard InChI is InChI=1S/C16H23ClN2/c1-11(12-6-7-12)19(2)16-13(4-3-5-15(16)17)10-18-14-8-9-14/h3-5,11-12,14,18H,6-10H2,1-2H3. The lowest BCUT2D eigenvalue weighted by atomic mass is 10.1. The summed E-state index contributed by atoms with van der Waals surface area (Å²) >= 11 is 6.45. The highest BCUT2D eigenvalue weighted by Gasteiger charge is 2.32. The molecule has 0 aliphatic heterocycles. The maximum atomic E-state index is 6.45. The van der Waals surface area contributed by atoms with E-state index in [1.54, 1.807) is 0 Å². The van der Waals surface area contributed by atoms with E-state index in [-0.39, 0.29) is 0 Å². The van der Waals surface area contributed by atoms with Crippen molar-refractivity contribution in [2.75, 3.05) is 11.9 Å². The number of nitrogens with one attached hydrogen (secondary N) is 1. The van der Waals surface area contributed by atoms with E-state index >= 15 is 0 Å². The van der Waals surface area contributed by atoms with Gasteiger partial charge < -0.3 is 10.2 Å². The summed E-state index contributed by atoms with van der Waals surface area (Å²) in [5, 5.41) is 4.47. The van der Waals surface area contributed by atoms with Crippen molar-refractivity contribution < 1.29 is 0 Å². The molecule has 0 saturated heterocycles. The van der Waals surface area contributed by atoms with Crippen LogP contribution in [-0.2, 0) is 6.54 Å². The van der Waals surface area contributed by atoms with Crippen molar-refractivity contribution in [2.45, 2.75) is 51.2 Å². The molecule has 2 saturated carbocycles. The van der Waals surface area contributed by atoms with Gasteiger partial charge in [0.25, 0.3) is 0 Å². The van der Waals surface area contributed by atoms with Crippen LogP contribution in [0.2, 0.25) is 5.02 Å². The molecule has 1 N–H and O–H groups in total. The van der Waals surface area contributed by atoms with Crippen LogP contribution < -0.4 is 10.2 Å². The number of halogens is 1. The predicted molar refractivity (Wildman–Crippen MR) is 81.9 cm³/mol. The van der Waals surface area contributed by atoms with Crippen LogP contribution in [-0.4, -0.2) is 19.1 Å². The smallest absolute Gasteiger partial charge is 0.0642 e. The normalized spacial score (nSPS) is 20.4. The van der Waals surface area contributed by atoms with E-state index in [4.69, 9.17) is 11.6 Å².